The quantitative estimate of drug-likeness (QED) is 0.698. The Balaban J connectivity index is 0.00000225. The van der Waals surface area contributed by atoms with Crippen molar-refractivity contribution < 1.29 is 4.79 Å². The van der Waals surface area contributed by atoms with Crippen LogP contribution in [-0.4, -0.2) is 27.8 Å². The highest BCUT2D eigenvalue weighted by molar-refractivity contribution is 7.20. The van der Waals surface area contributed by atoms with Crippen LogP contribution in [0.25, 0.3) is 15.9 Å². The fourth-order valence-corrected chi connectivity index (χ4v) is 3.54. The fraction of sp³-hybridized carbons (Fsp3) is 0.294. The van der Waals surface area contributed by atoms with Gasteiger partial charge in [-0.25, -0.2) is 4.68 Å². The van der Waals surface area contributed by atoms with Gasteiger partial charge < -0.3 is 11.1 Å². The Labute approximate surface area is 161 Å². The molecule has 3 aromatic rings. The monoisotopic (exact) mass is 398 g/mol. The van der Waals surface area contributed by atoms with Crippen LogP contribution in [0.15, 0.2) is 30.3 Å². The van der Waals surface area contributed by atoms with E-state index in [1.165, 1.54) is 11.3 Å². The second kappa shape index (κ2) is 7.33. The molecule has 0 unspecified atom stereocenters. The van der Waals surface area contributed by atoms with Crippen LogP contribution >= 0.6 is 35.3 Å². The zero-order valence-corrected chi connectivity index (χ0v) is 16.6. The first-order valence-electron chi connectivity index (χ1n) is 7.58. The van der Waals surface area contributed by atoms with E-state index in [0.717, 1.165) is 21.6 Å². The number of hydrogen-bond donors (Lipinski definition) is 2. The number of benzene rings is 1. The van der Waals surface area contributed by atoms with E-state index in [9.17, 15) is 4.79 Å². The zero-order chi connectivity index (χ0) is 17.5. The molecular weight excluding hydrogens is 379 g/mol. The number of nitrogens with zero attached hydrogens (tertiary/aromatic N) is 2. The van der Waals surface area contributed by atoms with Crippen LogP contribution in [0.1, 0.15) is 29.2 Å². The Morgan fingerprint density at radius 2 is 2.00 bits per heavy atom. The summed E-state index contributed by atoms with van der Waals surface area (Å²) >= 11 is 7.37. The predicted molar refractivity (Wildman–Crippen MR) is 107 cm³/mol. The molecule has 25 heavy (non-hydrogen) atoms. The molecular formula is C17H20Cl2N4OS. The standard InChI is InChI=1S/C17H19ClN4OS.ClH/c1-10-13-8-14(15(23)20-17(2,3)9-19)24-16(13)22(21-10)12-6-4-11(18)5-7-12;/h4-8H,9,19H2,1-3H3,(H,20,23);1H. The maximum atomic E-state index is 12.5. The Morgan fingerprint density at radius 1 is 1.36 bits per heavy atom. The predicted octanol–water partition coefficient (Wildman–Crippen LogP) is 3.94. The van der Waals surface area contributed by atoms with E-state index in [0.29, 0.717) is 16.4 Å². The molecule has 134 valence electrons. The van der Waals surface area contributed by atoms with Crippen LogP contribution in [0, 0.1) is 6.92 Å². The molecule has 3 rings (SSSR count). The Bertz CT molecular complexity index is 899. The minimum Gasteiger partial charge on any atom is -0.345 e. The summed E-state index contributed by atoms with van der Waals surface area (Å²) in [6, 6.07) is 9.35. The average Bonchev–Trinajstić information content (AvgIpc) is 3.09. The van der Waals surface area contributed by atoms with Gasteiger partial charge in [0.25, 0.3) is 5.91 Å². The number of rotatable bonds is 4. The maximum Gasteiger partial charge on any atom is 0.261 e. The highest BCUT2D eigenvalue weighted by atomic mass is 35.5. The van der Waals surface area contributed by atoms with E-state index in [1.54, 1.807) is 0 Å². The van der Waals surface area contributed by atoms with Crippen molar-refractivity contribution in [1.29, 1.82) is 0 Å². The molecule has 0 radical (unpaired) electrons. The molecule has 0 spiro atoms. The molecule has 0 atom stereocenters. The smallest absolute Gasteiger partial charge is 0.261 e. The lowest BCUT2D eigenvalue weighted by molar-refractivity contribution is 0.0920. The second-order valence-corrected chi connectivity index (χ2v) is 7.81. The van der Waals surface area contributed by atoms with Gasteiger partial charge in [-0.1, -0.05) is 11.6 Å². The summed E-state index contributed by atoms with van der Waals surface area (Å²) in [6.07, 6.45) is 0. The Hall–Kier alpha value is -1.60. The molecule has 0 aliphatic carbocycles. The molecule has 0 saturated carbocycles. The van der Waals surface area contributed by atoms with Gasteiger partial charge in [-0.3, -0.25) is 4.79 Å². The van der Waals surface area contributed by atoms with Crippen molar-refractivity contribution in [2.75, 3.05) is 6.54 Å². The first kappa shape index (κ1) is 19.7. The van der Waals surface area contributed by atoms with Crippen molar-refractivity contribution >= 4 is 51.5 Å². The molecule has 0 aliphatic heterocycles. The van der Waals surface area contributed by atoms with Gasteiger partial charge in [0.2, 0.25) is 0 Å². The van der Waals surface area contributed by atoms with E-state index in [2.05, 4.69) is 10.4 Å². The number of thiophene rings is 1. The van der Waals surface area contributed by atoms with Crippen molar-refractivity contribution in [2.24, 2.45) is 5.73 Å². The average molecular weight is 399 g/mol. The van der Waals surface area contributed by atoms with Crippen molar-refractivity contribution in [3.05, 3.63) is 45.9 Å². The molecule has 3 N–H and O–H groups in total. The number of nitrogens with one attached hydrogen (secondary N) is 1. The van der Waals surface area contributed by atoms with Crippen molar-refractivity contribution in [3.63, 3.8) is 0 Å². The molecule has 0 fully saturated rings. The molecule has 2 heterocycles. The third kappa shape index (κ3) is 3.98. The number of hydrogen-bond acceptors (Lipinski definition) is 4. The number of carbonyl (C=O) groups excluding carboxylic acids is 1. The maximum absolute atomic E-state index is 12.5. The van der Waals surface area contributed by atoms with Gasteiger partial charge in [0.15, 0.2) is 0 Å². The van der Waals surface area contributed by atoms with Gasteiger partial charge in [-0.05, 0) is 51.1 Å². The zero-order valence-electron chi connectivity index (χ0n) is 14.2. The highest BCUT2D eigenvalue weighted by Crippen LogP contribution is 2.30. The van der Waals surface area contributed by atoms with Crippen molar-refractivity contribution in [3.8, 4) is 5.69 Å². The van der Waals surface area contributed by atoms with E-state index < -0.39 is 5.54 Å². The lowest BCUT2D eigenvalue weighted by atomic mass is 10.1. The topological polar surface area (TPSA) is 72.9 Å². The normalized spacial score (nSPS) is 11.4. The minimum absolute atomic E-state index is 0. The van der Waals surface area contributed by atoms with Gasteiger partial charge in [-0.15, -0.1) is 23.7 Å². The first-order chi connectivity index (χ1) is 11.3. The summed E-state index contributed by atoms with van der Waals surface area (Å²) in [7, 11) is 0. The highest BCUT2D eigenvalue weighted by Gasteiger charge is 2.22. The van der Waals surface area contributed by atoms with Gasteiger partial charge in [0.05, 0.1) is 16.3 Å². The number of fused-ring (bicyclic) bond motifs is 1. The lowest BCUT2D eigenvalue weighted by Gasteiger charge is -2.23. The number of amides is 1. The number of nitrogens with two attached hydrogens (primary N) is 1. The SMILES string of the molecule is Cc1nn(-c2ccc(Cl)cc2)c2sc(C(=O)NC(C)(C)CN)cc12.Cl. The third-order valence-corrected chi connectivity index (χ3v) is 5.16. The van der Waals surface area contributed by atoms with Crippen LogP contribution in [0.5, 0.6) is 0 Å². The molecule has 8 heteroatoms. The molecule has 2 aromatic heterocycles. The Morgan fingerprint density at radius 3 is 2.60 bits per heavy atom. The lowest BCUT2D eigenvalue weighted by Crippen LogP contribution is -2.48. The summed E-state index contributed by atoms with van der Waals surface area (Å²) in [5, 5.41) is 9.18. The van der Waals surface area contributed by atoms with E-state index in [1.807, 2.05) is 55.8 Å². The van der Waals surface area contributed by atoms with Crippen LogP contribution in [0.3, 0.4) is 0 Å². The van der Waals surface area contributed by atoms with Crippen LogP contribution in [0.4, 0.5) is 0 Å². The summed E-state index contributed by atoms with van der Waals surface area (Å²) in [6.45, 7) is 6.12. The van der Waals surface area contributed by atoms with Crippen LogP contribution in [-0.2, 0) is 0 Å². The molecule has 1 aromatic carbocycles. The summed E-state index contributed by atoms with van der Waals surface area (Å²) in [5.41, 5.74) is 7.04. The number of halogens is 2. The van der Waals surface area contributed by atoms with Gasteiger partial charge in [0.1, 0.15) is 4.83 Å². The summed E-state index contributed by atoms with van der Waals surface area (Å²) in [5.74, 6) is -0.117. The second-order valence-electron chi connectivity index (χ2n) is 6.35. The number of aryl methyl sites for hydroxylation is 1. The Kier molecular flexibility index (Phi) is 5.79. The molecule has 0 bridgehead atoms. The van der Waals surface area contributed by atoms with E-state index in [-0.39, 0.29) is 18.3 Å². The number of carbonyl (C=O) groups is 1. The summed E-state index contributed by atoms with van der Waals surface area (Å²) < 4.78 is 1.84. The third-order valence-electron chi connectivity index (χ3n) is 3.80. The molecule has 0 saturated heterocycles. The van der Waals surface area contributed by atoms with Crippen molar-refractivity contribution in [2.45, 2.75) is 26.3 Å². The van der Waals surface area contributed by atoms with Gasteiger partial charge >= 0.3 is 0 Å². The fourth-order valence-electron chi connectivity index (χ4n) is 2.34. The van der Waals surface area contributed by atoms with Gasteiger partial charge in [0, 0.05) is 22.5 Å². The van der Waals surface area contributed by atoms with Crippen LogP contribution in [0.2, 0.25) is 5.02 Å². The molecule has 0 aliphatic rings. The summed E-state index contributed by atoms with van der Waals surface area (Å²) in [4.78, 5) is 14.1. The van der Waals surface area contributed by atoms with Gasteiger partial charge in [-0.2, -0.15) is 5.10 Å². The largest absolute Gasteiger partial charge is 0.345 e. The van der Waals surface area contributed by atoms with Crippen molar-refractivity contribution in [1.82, 2.24) is 15.1 Å². The van der Waals surface area contributed by atoms with E-state index in [4.69, 9.17) is 17.3 Å². The first-order valence-corrected chi connectivity index (χ1v) is 8.78. The molecule has 1 amide bonds. The molecule has 5 nitrogen and oxygen atoms in total. The minimum atomic E-state index is -0.440. The number of aromatic nitrogens is 2. The van der Waals surface area contributed by atoms with Crippen LogP contribution < -0.4 is 11.1 Å². The van der Waals surface area contributed by atoms with E-state index >= 15 is 0 Å².